The van der Waals surface area contributed by atoms with E-state index in [4.69, 9.17) is 0 Å². The maximum atomic E-state index is 2.99. The van der Waals surface area contributed by atoms with Gasteiger partial charge in [-0.05, 0) is 35.9 Å². The van der Waals surface area contributed by atoms with E-state index in [1.165, 1.54) is 21.6 Å². The van der Waals surface area contributed by atoms with Crippen molar-refractivity contribution in [1.82, 2.24) is 0 Å². The standard InChI is InChI=1S/C11H14P4/c1-8-10-5-3-2-4-9(10)6-7-11(8)15(13)14-12/h2-7,14H,12-13H2,1H3. The van der Waals surface area contributed by atoms with Crippen molar-refractivity contribution >= 4 is 49.2 Å². The van der Waals surface area contributed by atoms with E-state index in [-0.39, 0.29) is 7.30 Å². The van der Waals surface area contributed by atoms with Gasteiger partial charge in [0.25, 0.3) is 0 Å². The molecule has 0 radical (unpaired) electrons. The predicted octanol–water partition coefficient (Wildman–Crippen LogP) is 4.43. The minimum Gasteiger partial charge on any atom is -0.109 e. The monoisotopic (exact) mass is 270 g/mol. The highest BCUT2D eigenvalue weighted by Crippen LogP contribution is 2.65. The van der Waals surface area contributed by atoms with Crippen LogP contribution in [0.5, 0.6) is 0 Å². The second-order valence-electron chi connectivity index (χ2n) is 3.43. The molecule has 78 valence electrons. The molecule has 0 aromatic heterocycles. The molecule has 2 aromatic rings. The smallest absolute Gasteiger partial charge is 0.0123 e. The molecular formula is C11H14P4. The summed E-state index contributed by atoms with van der Waals surface area (Å²) >= 11 is 0. The Kier molecular flexibility index (Phi) is 4.10. The Morgan fingerprint density at radius 3 is 2.60 bits per heavy atom. The topological polar surface area (TPSA) is 0 Å². The normalized spacial score (nSPS) is 13.8. The number of fused-ring (bicyclic) bond motifs is 1. The second-order valence-corrected chi connectivity index (χ2v) is 12.6. The fraction of sp³-hybridized carbons (Fsp3) is 0.0909. The summed E-state index contributed by atoms with van der Waals surface area (Å²) in [5, 5.41) is 4.26. The lowest BCUT2D eigenvalue weighted by Gasteiger charge is -2.14. The first-order valence-electron chi connectivity index (χ1n) is 4.73. The number of benzene rings is 2. The molecule has 0 saturated carbocycles. The van der Waals surface area contributed by atoms with Gasteiger partial charge in [0.05, 0.1) is 0 Å². The van der Waals surface area contributed by atoms with E-state index >= 15 is 0 Å². The average molecular weight is 270 g/mol. The minimum absolute atomic E-state index is 0.0601. The first-order chi connectivity index (χ1) is 7.24. The van der Waals surface area contributed by atoms with Crippen molar-refractivity contribution in [2.45, 2.75) is 6.92 Å². The van der Waals surface area contributed by atoms with Gasteiger partial charge in [-0.25, -0.2) is 0 Å². The lowest BCUT2D eigenvalue weighted by molar-refractivity contribution is 1.58. The van der Waals surface area contributed by atoms with Crippen LogP contribution < -0.4 is 5.30 Å². The fourth-order valence-electron chi connectivity index (χ4n) is 1.75. The average Bonchev–Trinajstić information content (AvgIpc) is 2.29. The van der Waals surface area contributed by atoms with Gasteiger partial charge in [0.15, 0.2) is 0 Å². The molecule has 2 aromatic carbocycles. The Balaban J connectivity index is 2.65. The van der Waals surface area contributed by atoms with Crippen LogP contribution in [0.25, 0.3) is 10.8 Å². The van der Waals surface area contributed by atoms with Crippen LogP contribution in [0.2, 0.25) is 0 Å². The van der Waals surface area contributed by atoms with E-state index in [0.717, 1.165) is 7.96 Å². The van der Waals surface area contributed by atoms with Crippen LogP contribution >= 0.6 is 33.1 Å². The molecule has 2 rings (SSSR count). The van der Waals surface area contributed by atoms with Gasteiger partial charge >= 0.3 is 0 Å². The van der Waals surface area contributed by atoms with Crippen LogP contribution in [-0.2, 0) is 0 Å². The Morgan fingerprint density at radius 1 is 1.13 bits per heavy atom. The van der Waals surface area contributed by atoms with E-state index in [1.807, 2.05) is 0 Å². The van der Waals surface area contributed by atoms with Crippen molar-refractivity contribution in [2.24, 2.45) is 0 Å². The molecule has 0 N–H and O–H groups in total. The molecule has 4 unspecified atom stereocenters. The zero-order chi connectivity index (χ0) is 10.8. The zero-order valence-electron chi connectivity index (χ0n) is 8.57. The van der Waals surface area contributed by atoms with Crippen molar-refractivity contribution in [3.05, 3.63) is 42.0 Å². The van der Waals surface area contributed by atoms with Gasteiger partial charge in [0, 0.05) is 0 Å². The first kappa shape index (κ1) is 11.9. The molecule has 0 aliphatic heterocycles. The Hall–Kier alpha value is 0.420. The van der Waals surface area contributed by atoms with Gasteiger partial charge in [-0.15, -0.1) is 17.9 Å². The third-order valence-electron chi connectivity index (χ3n) is 2.57. The maximum Gasteiger partial charge on any atom is -0.0123 e. The number of rotatable bonds is 2. The van der Waals surface area contributed by atoms with Crippen molar-refractivity contribution in [2.75, 3.05) is 0 Å². The van der Waals surface area contributed by atoms with Gasteiger partial charge in [-0.2, -0.15) is 0 Å². The Bertz CT molecular complexity index is 481. The second kappa shape index (κ2) is 5.17. The van der Waals surface area contributed by atoms with Crippen LogP contribution in [0, 0.1) is 6.92 Å². The van der Waals surface area contributed by atoms with Crippen LogP contribution in [0.3, 0.4) is 0 Å². The Morgan fingerprint density at radius 2 is 1.87 bits per heavy atom. The van der Waals surface area contributed by atoms with E-state index in [1.54, 1.807) is 0 Å². The zero-order valence-corrected chi connectivity index (χ0v) is 12.8. The summed E-state index contributed by atoms with van der Waals surface area (Å²) in [6.45, 7) is 2.24. The first-order valence-corrected chi connectivity index (χ1v) is 11.3. The summed E-state index contributed by atoms with van der Waals surface area (Å²) in [6, 6.07) is 13.1. The fourth-order valence-corrected chi connectivity index (χ4v) is 5.84. The molecule has 0 heterocycles. The Labute approximate surface area is 98.2 Å². The van der Waals surface area contributed by atoms with Crippen LogP contribution in [0.1, 0.15) is 5.56 Å². The highest BCUT2D eigenvalue weighted by Gasteiger charge is 2.08. The molecule has 0 bridgehead atoms. The summed E-state index contributed by atoms with van der Waals surface area (Å²) in [5.41, 5.74) is 1.45. The maximum absolute atomic E-state index is 2.99. The molecular weight excluding hydrogens is 256 g/mol. The van der Waals surface area contributed by atoms with Crippen molar-refractivity contribution in [1.29, 1.82) is 0 Å². The van der Waals surface area contributed by atoms with Crippen molar-refractivity contribution in [3.8, 4) is 0 Å². The largest absolute Gasteiger partial charge is 0.109 e. The van der Waals surface area contributed by atoms with E-state index in [9.17, 15) is 0 Å². The third-order valence-corrected chi connectivity index (χ3v) is 12.8. The molecule has 0 fully saturated rings. The van der Waals surface area contributed by atoms with Crippen molar-refractivity contribution < 1.29 is 0 Å². The summed E-state index contributed by atoms with van der Waals surface area (Å²) < 4.78 is 0. The molecule has 0 spiro atoms. The van der Waals surface area contributed by atoms with Crippen molar-refractivity contribution in [3.63, 3.8) is 0 Å². The molecule has 4 heteroatoms. The highest BCUT2D eigenvalue weighted by molar-refractivity contribution is 8.63. The van der Waals surface area contributed by atoms with E-state index < -0.39 is 0 Å². The summed E-state index contributed by atoms with van der Waals surface area (Å²) in [6.07, 6.45) is 0. The lowest BCUT2D eigenvalue weighted by atomic mass is 10.1. The molecule has 15 heavy (non-hydrogen) atoms. The molecule has 0 aliphatic carbocycles. The number of hydrogen-bond acceptors (Lipinski definition) is 0. The predicted molar refractivity (Wildman–Crippen MR) is 83.0 cm³/mol. The van der Waals surface area contributed by atoms with Gasteiger partial charge in [-0.3, -0.25) is 0 Å². The molecule has 4 atom stereocenters. The van der Waals surface area contributed by atoms with Gasteiger partial charge in [0.1, 0.15) is 0 Å². The summed E-state index contributed by atoms with van der Waals surface area (Å²) in [4.78, 5) is 0. The van der Waals surface area contributed by atoms with Crippen LogP contribution in [-0.4, -0.2) is 0 Å². The quantitative estimate of drug-likeness (QED) is 0.708. The molecule has 0 nitrogen and oxygen atoms in total. The van der Waals surface area contributed by atoms with Crippen LogP contribution in [0.15, 0.2) is 36.4 Å². The van der Waals surface area contributed by atoms with E-state index in [0.29, 0.717) is 0 Å². The van der Waals surface area contributed by atoms with Crippen LogP contribution in [0.4, 0.5) is 0 Å². The molecule has 0 saturated heterocycles. The number of aryl methyl sites for hydroxylation is 1. The number of hydrogen-bond donors (Lipinski definition) is 0. The third kappa shape index (κ3) is 2.40. The van der Waals surface area contributed by atoms with Gasteiger partial charge in [-0.1, -0.05) is 44.4 Å². The lowest BCUT2D eigenvalue weighted by Crippen LogP contribution is -2.00. The summed E-state index contributed by atoms with van der Waals surface area (Å²) in [7, 11) is 6.71. The highest BCUT2D eigenvalue weighted by atomic mass is 32.6. The van der Waals surface area contributed by atoms with E-state index in [2.05, 4.69) is 61.2 Å². The SMILES string of the molecule is Cc1c(P(P)PP)ccc2ccccc12. The molecule has 0 aliphatic rings. The van der Waals surface area contributed by atoms with Gasteiger partial charge < -0.3 is 0 Å². The summed E-state index contributed by atoms with van der Waals surface area (Å²) in [5.74, 6) is 0. The molecule has 0 amide bonds. The van der Waals surface area contributed by atoms with Gasteiger partial charge in [0.2, 0.25) is 0 Å². The minimum atomic E-state index is -0.0601.